The van der Waals surface area contributed by atoms with E-state index >= 15 is 0 Å². The SMILES string of the molecule is CCOC(=O)/C=C/c1ccc(NCCCCCCCCCCCCCCc2ccc(OCc3ccccc3)cc2)cc1. The molecule has 1 N–H and O–H groups in total. The van der Waals surface area contributed by atoms with Crippen LogP contribution in [0.25, 0.3) is 6.08 Å². The van der Waals surface area contributed by atoms with Gasteiger partial charge in [0, 0.05) is 18.3 Å². The lowest BCUT2D eigenvalue weighted by molar-refractivity contribution is -0.137. The van der Waals surface area contributed by atoms with Gasteiger partial charge in [-0.25, -0.2) is 4.79 Å². The monoisotopic (exact) mass is 569 g/mol. The summed E-state index contributed by atoms with van der Waals surface area (Å²) in [6.45, 7) is 3.84. The van der Waals surface area contributed by atoms with E-state index in [4.69, 9.17) is 9.47 Å². The van der Waals surface area contributed by atoms with Crippen LogP contribution in [0, 0.1) is 0 Å². The van der Waals surface area contributed by atoms with Crippen LogP contribution in [0.2, 0.25) is 0 Å². The molecule has 0 fully saturated rings. The molecule has 42 heavy (non-hydrogen) atoms. The van der Waals surface area contributed by atoms with Crippen molar-refractivity contribution in [3.05, 3.63) is 102 Å². The normalized spacial score (nSPS) is 11.1. The van der Waals surface area contributed by atoms with E-state index in [9.17, 15) is 4.79 Å². The van der Waals surface area contributed by atoms with Crippen molar-refractivity contribution in [2.45, 2.75) is 97.0 Å². The lowest BCUT2D eigenvalue weighted by Crippen LogP contribution is -2.01. The number of carbonyl (C=O) groups is 1. The van der Waals surface area contributed by atoms with E-state index in [1.54, 1.807) is 6.08 Å². The Hall–Kier alpha value is -3.53. The summed E-state index contributed by atoms with van der Waals surface area (Å²) < 4.78 is 10.8. The third-order valence-corrected chi connectivity index (χ3v) is 7.50. The first kappa shape index (κ1) is 33.0. The molecule has 0 atom stereocenters. The van der Waals surface area contributed by atoms with Crippen molar-refractivity contribution in [1.29, 1.82) is 0 Å². The smallest absolute Gasteiger partial charge is 0.330 e. The second-order valence-corrected chi connectivity index (χ2v) is 11.0. The van der Waals surface area contributed by atoms with Crippen LogP contribution in [0.3, 0.4) is 0 Å². The molecular formula is C38H51NO3. The third-order valence-electron chi connectivity index (χ3n) is 7.50. The number of anilines is 1. The highest BCUT2D eigenvalue weighted by Crippen LogP contribution is 2.17. The summed E-state index contributed by atoms with van der Waals surface area (Å²) in [5.41, 5.74) is 4.73. The van der Waals surface area contributed by atoms with Crippen LogP contribution in [-0.4, -0.2) is 19.1 Å². The minimum Gasteiger partial charge on any atom is -0.489 e. The molecule has 3 aromatic carbocycles. The van der Waals surface area contributed by atoms with Crippen LogP contribution >= 0.6 is 0 Å². The molecule has 0 radical (unpaired) electrons. The molecule has 0 aliphatic rings. The summed E-state index contributed by atoms with van der Waals surface area (Å²) in [7, 11) is 0. The van der Waals surface area contributed by atoms with Crippen LogP contribution in [0.1, 0.15) is 101 Å². The van der Waals surface area contributed by atoms with E-state index in [0.717, 1.165) is 30.0 Å². The standard InChI is InChI=1S/C38H51NO3/c1-2-41-38(40)30-25-34-21-26-36(27-22-34)39-31-17-12-10-8-6-4-3-5-7-9-11-14-18-33-23-28-37(29-24-33)42-32-35-19-15-13-16-20-35/h13,15-16,19-30,39H,2-12,14,17-18,31-32H2,1H3/b30-25+. The highest BCUT2D eigenvalue weighted by Gasteiger charge is 2.00. The van der Waals surface area contributed by atoms with E-state index in [0.29, 0.717) is 13.2 Å². The Morgan fingerprint density at radius 2 is 1.26 bits per heavy atom. The van der Waals surface area contributed by atoms with Crippen molar-refractivity contribution >= 4 is 17.7 Å². The average molecular weight is 570 g/mol. The van der Waals surface area contributed by atoms with E-state index in [1.807, 2.05) is 37.3 Å². The molecule has 0 unspecified atom stereocenters. The van der Waals surface area contributed by atoms with Gasteiger partial charge in [0.15, 0.2) is 0 Å². The molecule has 3 rings (SSSR count). The summed E-state index contributed by atoms with van der Waals surface area (Å²) in [4.78, 5) is 11.4. The van der Waals surface area contributed by atoms with E-state index in [-0.39, 0.29) is 5.97 Å². The van der Waals surface area contributed by atoms with Crippen LogP contribution in [0.4, 0.5) is 5.69 Å². The van der Waals surface area contributed by atoms with Crippen molar-refractivity contribution < 1.29 is 14.3 Å². The summed E-state index contributed by atoms with van der Waals surface area (Å²) >= 11 is 0. The maximum Gasteiger partial charge on any atom is 0.330 e. The molecule has 3 aromatic rings. The fourth-order valence-corrected chi connectivity index (χ4v) is 5.01. The van der Waals surface area contributed by atoms with Gasteiger partial charge in [-0.05, 0) is 73.2 Å². The van der Waals surface area contributed by atoms with Gasteiger partial charge in [-0.1, -0.05) is 119 Å². The number of hydrogen-bond donors (Lipinski definition) is 1. The van der Waals surface area contributed by atoms with E-state index < -0.39 is 0 Å². The first-order valence-corrected chi connectivity index (χ1v) is 16.2. The second kappa shape index (κ2) is 21.2. The highest BCUT2D eigenvalue weighted by molar-refractivity contribution is 5.87. The Labute approximate surface area is 254 Å². The average Bonchev–Trinajstić information content (AvgIpc) is 3.02. The van der Waals surface area contributed by atoms with Crippen LogP contribution < -0.4 is 10.1 Å². The molecule has 4 nitrogen and oxygen atoms in total. The number of rotatable bonds is 22. The minimum atomic E-state index is -0.300. The number of hydrogen-bond acceptors (Lipinski definition) is 4. The molecule has 0 spiro atoms. The molecule has 0 amide bonds. The van der Waals surface area contributed by atoms with Gasteiger partial charge in [-0.2, -0.15) is 0 Å². The predicted molar refractivity (Wildman–Crippen MR) is 177 cm³/mol. The molecule has 4 heteroatoms. The lowest BCUT2D eigenvalue weighted by Gasteiger charge is -2.08. The summed E-state index contributed by atoms with van der Waals surface area (Å²) in [5, 5.41) is 3.50. The predicted octanol–water partition coefficient (Wildman–Crippen LogP) is 10.2. The van der Waals surface area contributed by atoms with Crippen molar-refractivity contribution in [1.82, 2.24) is 0 Å². The van der Waals surface area contributed by atoms with Crippen molar-refractivity contribution in [2.75, 3.05) is 18.5 Å². The molecular weight excluding hydrogens is 518 g/mol. The van der Waals surface area contributed by atoms with Crippen LogP contribution in [-0.2, 0) is 22.6 Å². The van der Waals surface area contributed by atoms with Crippen LogP contribution in [0.15, 0.2) is 84.9 Å². The van der Waals surface area contributed by atoms with Gasteiger partial charge in [0.2, 0.25) is 0 Å². The molecule has 226 valence electrons. The quantitative estimate of drug-likeness (QED) is 0.0743. The fourth-order valence-electron chi connectivity index (χ4n) is 5.01. The topological polar surface area (TPSA) is 47.6 Å². The summed E-state index contributed by atoms with van der Waals surface area (Å²) in [6.07, 6.45) is 20.5. The minimum absolute atomic E-state index is 0.300. The maximum atomic E-state index is 11.4. The third kappa shape index (κ3) is 14.9. The zero-order chi connectivity index (χ0) is 29.5. The zero-order valence-electron chi connectivity index (χ0n) is 25.7. The number of nitrogens with one attached hydrogen (secondary N) is 1. The van der Waals surface area contributed by atoms with Gasteiger partial charge in [0.1, 0.15) is 12.4 Å². The Bertz CT molecular complexity index is 1120. The van der Waals surface area contributed by atoms with E-state index in [2.05, 4.69) is 53.8 Å². The fraction of sp³-hybridized carbons (Fsp3) is 0.447. The molecule has 0 saturated heterocycles. The summed E-state index contributed by atoms with van der Waals surface area (Å²) in [5.74, 6) is 0.646. The second-order valence-electron chi connectivity index (χ2n) is 11.0. The number of aryl methyl sites for hydroxylation is 1. The summed E-state index contributed by atoms with van der Waals surface area (Å²) in [6, 6.07) is 27.1. The first-order chi connectivity index (χ1) is 20.7. The van der Waals surface area contributed by atoms with Crippen molar-refractivity contribution in [2.24, 2.45) is 0 Å². The molecule has 0 aliphatic carbocycles. The number of benzene rings is 3. The zero-order valence-corrected chi connectivity index (χ0v) is 25.7. The van der Waals surface area contributed by atoms with Gasteiger partial charge in [-0.15, -0.1) is 0 Å². The Morgan fingerprint density at radius 3 is 1.88 bits per heavy atom. The molecule has 0 heterocycles. The molecule has 0 saturated carbocycles. The van der Waals surface area contributed by atoms with Crippen molar-refractivity contribution in [3.63, 3.8) is 0 Å². The van der Waals surface area contributed by atoms with Gasteiger partial charge >= 0.3 is 5.97 Å². The van der Waals surface area contributed by atoms with Crippen LogP contribution in [0.5, 0.6) is 5.75 Å². The number of ether oxygens (including phenoxy) is 2. The first-order valence-electron chi connectivity index (χ1n) is 16.2. The van der Waals surface area contributed by atoms with Gasteiger partial charge < -0.3 is 14.8 Å². The number of esters is 1. The molecule has 0 aliphatic heterocycles. The Kier molecular flexibility index (Phi) is 16.7. The number of carbonyl (C=O) groups excluding carboxylic acids is 1. The Morgan fingerprint density at radius 1 is 0.667 bits per heavy atom. The van der Waals surface area contributed by atoms with Gasteiger partial charge in [-0.3, -0.25) is 0 Å². The van der Waals surface area contributed by atoms with E-state index in [1.165, 1.54) is 94.3 Å². The highest BCUT2D eigenvalue weighted by atomic mass is 16.5. The van der Waals surface area contributed by atoms with Crippen molar-refractivity contribution in [3.8, 4) is 5.75 Å². The maximum absolute atomic E-state index is 11.4. The Balaban J connectivity index is 1.07. The molecule has 0 bridgehead atoms. The van der Waals surface area contributed by atoms with Gasteiger partial charge in [0.25, 0.3) is 0 Å². The largest absolute Gasteiger partial charge is 0.489 e. The van der Waals surface area contributed by atoms with Gasteiger partial charge in [0.05, 0.1) is 6.61 Å². The number of unbranched alkanes of at least 4 members (excludes halogenated alkanes) is 11. The molecule has 0 aromatic heterocycles. The lowest BCUT2D eigenvalue weighted by atomic mass is 10.0.